The first kappa shape index (κ1) is 15.1. The van der Waals surface area contributed by atoms with Crippen LogP contribution in [-0.4, -0.2) is 29.2 Å². The lowest BCUT2D eigenvalue weighted by molar-refractivity contribution is -0.145. The van der Waals surface area contributed by atoms with Crippen LogP contribution in [0.1, 0.15) is 39.5 Å². The largest absolute Gasteiger partial charge is 0.465 e. The summed E-state index contributed by atoms with van der Waals surface area (Å²) >= 11 is 1.92. The summed E-state index contributed by atoms with van der Waals surface area (Å²) in [6.07, 6.45) is 4.93. The van der Waals surface area contributed by atoms with E-state index in [0.717, 1.165) is 11.7 Å². The number of ether oxygens (including phenoxy) is 1. The smallest absolute Gasteiger partial charge is 0.324 e. The minimum absolute atomic E-state index is 0. The number of hydrogen-bond donors (Lipinski definition) is 1. The highest BCUT2D eigenvalue weighted by atomic mass is 35.5. The van der Waals surface area contributed by atoms with Gasteiger partial charge in [-0.2, -0.15) is 0 Å². The van der Waals surface area contributed by atoms with Crippen LogP contribution in [0.3, 0.4) is 0 Å². The second kappa shape index (κ2) is 6.30. The van der Waals surface area contributed by atoms with Crippen molar-refractivity contribution < 1.29 is 9.53 Å². The van der Waals surface area contributed by atoms with Crippen LogP contribution in [0.4, 0.5) is 0 Å². The molecule has 1 saturated heterocycles. The summed E-state index contributed by atoms with van der Waals surface area (Å²) in [5.41, 5.74) is 0. The van der Waals surface area contributed by atoms with E-state index in [4.69, 9.17) is 4.74 Å². The Balaban J connectivity index is 0.00000144. The molecule has 0 bridgehead atoms. The topological polar surface area (TPSA) is 38.3 Å². The molecular formula is C12H22ClNO2S. The van der Waals surface area contributed by atoms with Gasteiger partial charge in [-0.05, 0) is 38.5 Å². The molecule has 3 nitrogen and oxygen atoms in total. The van der Waals surface area contributed by atoms with E-state index >= 15 is 0 Å². The van der Waals surface area contributed by atoms with Gasteiger partial charge in [-0.3, -0.25) is 10.1 Å². The highest BCUT2D eigenvalue weighted by molar-refractivity contribution is 8.00. The Labute approximate surface area is 114 Å². The molecule has 1 N–H and O–H groups in total. The van der Waals surface area contributed by atoms with E-state index in [1.165, 1.54) is 25.7 Å². The summed E-state index contributed by atoms with van der Waals surface area (Å²) in [6.45, 7) is 4.65. The number of thioether (sulfide) groups is 1. The molecule has 1 atom stereocenters. The van der Waals surface area contributed by atoms with Gasteiger partial charge in [-0.15, -0.1) is 24.2 Å². The monoisotopic (exact) mass is 279 g/mol. The average molecular weight is 280 g/mol. The Kier molecular flexibility index (Phi) is 5.61. The van der Waals surface area contributed by atoms with Gasteiger partial charge < -0.3 is 4.74 Å². The molecule has 17 heavy (non-hydrogen) atoms. The first-order chi connectivity index (χ1) is 7.65. The number of halogens is 1. The zero-order valence-electron chi connectivity index (χ0n) is 10.5. The number of esters is 1. The molecule has 0 aromatic carbocycles. The fourth-order valence-corrected chi connectivity index (χ4v) is 3.99. The van der Waals surface area contributed by atoms with Crippen LogP contribution in [-0.2, 0) is 9.53 Å². The molecule has 2 fully saturated rings. The Hall–Kier alpha value is 0.0700. The van der Waals surface area contributed by atoms with Crippen molar-refractivity contribution in [2.45, 2.75) is 50.4 Å². The molecule has 5 heteroatoms. The Bertz CT molecular complexity index is 267. The maximum absolute atomic E-state index is 11.6. The molecule has 2 rings (SSSR count). The number of carbonyl (C=O) groups excluding carboxylic acids is 1. The van der Waals surface area contributed by atoms with Crippen molar-refractivity contribution in [1.29, 1.82) is 0 Å². The van der Waals surface area contributed by atoms with Crippen LogP contribution in [0.15, 0.2) is 0 Å². The first-order valence-electron chi connectivity index (χ1n) is 6.23. The molecule has 1 aliphatic heterocycles. The summed E-state index contributed by atoms with van der Waals surface area (Å²) in [5, 5.41) is 3.50. The molecule has 1 aliphatic carbocycles. The van der Waals surface area contributed by atoms with Gasteiger partial charge in [0.25, 0.3) is 0 Å². The van der Waals surface area contributed by atoms with Gasteiger partial charge in [0.05, 0.1) is 11.5 Å². The summed E-state index contributed by atoms with van der Waals surface area (Å²) in [7, 11) is 0. The molecular weight excluding hydrogens is 258 g/mol. The highest BCUT2D eigenvalue weighted by Crippen LogP contribution is 2.43. The maximum atomic E-state index is 11.6. The predicted octanol–water partition coefficient (Wildman–Crippen LogP) is 2.58. The second-order valence-corrected chi connectivity index (χ2v) is 6.34. The fraction of sp³-hybridized carbons (Fsp3) is 0.917. The van der Waals surface area contributed by atoms with Crippen LogP contribution >= 0.6 is 24.2 Å². The molecule has 100 valence electrons. The molecule has 2 aliphatic rings. The molecule has 0 amide bonds. The van der Waals surface area contributed by atoms with Crippen LogP contribution in [0.2, 0.25) is 0 Å². The number of carbonyl (C=O) groups is 1. The SMILES string of the molecule is CCOC(=O)C1CSC2(CCC(C)CC2)N1.Cl. The minimum Gasteiger partial charge on any atom is -0.465 e. The van der Waals surface area contributed by atoms with Gasteiger partial charge in [0.1, 0.15) is 6.04 Å². The van der Waals surface area contributed by atoms with Gasteiger partial charge in [-0.25, -0.2) is 0 Å². The first-order valence-corrected chi connectivity index (χ1v) is 7.22. The molecule has 1 spiro atoms. The van der Waals surface area contributed by atoms with Crippen molar-refractivity contribution in [2.75, 3.05) is 12.4 Å². The van der Waals surface area contributed by atoms with E-state index in [-0.39, 0.29) is 29.3 Å². The van der Waals surface area contributed by atoms with E-state index < -0.39 is 0 Å². The zero-order chi connectivity index (χ0) is 11.6. The van der Waals surface area contributed by atoms with Crippen LogP contribution in [0.25, 0.3) is 0 Å². The normalized spacial score (nSPS) is 36.6. The number of rotatable bonds is 2. The Morgan fingerprint density at radius 1 is 1.47 bits per heavy atom. The van der Waals surface area contributed by atoms with Gasteiger partial charge in [0.15, 0.2) is 0 Å². The Morgan fingerprint density at radius 3 is 2.71 bits per heavy atom. The highest BCUT2D eigenvalue weighted by Gasteiger charge is 2.43. The molecule has 0 aromatic rings. The summed E-state index contributed by atoms with van der Waals surface area (Å²) in [6, 6.07) is -0.0849. The third-order valence-electron chi connectivity index (χ3n) is 3.62. The molecule has 0 aromatic heterocycles. The second-order valence-electron chi connectivity index (χ2n) is 4.94. The van der Waals surface area contributed by atoms with Gasteiger partial charge in [-0.1, -0.05) is 6.92 Å². The number of nitrogens with one attached hydrogen (secondary N) is 1. The van der Waals surface area contributed by atoms with Crippen molar-refractivity contribution >= 4 is 30.1 Å². The third-order valence-corrected chi connectivity index (χ3v) is 5.20. The van der Waals surface area contributed by atoms with E-state index in [0.29, 0.717) is 6.61 Å². The number of hydrogen-bond acceptors (Lipinski definition) is 4. The standard InChI is InChI=1S/C12H21NO2S.ClH/c1-3-15-11(14)10-8-16-12(13-10)6-4-9(2)5-7-12;/h9-10,13H,3-8H2,1-2H3;1H. The summed E-state index contributed by atoms with van der Waals surface area (Å²) < 4.78 is 5.07. The van der Waals surface area contributed by atoms with Gasteiger partial charge in [0, 0.05) is 5.75 Å². The van der Waals surface area contributed by atoms with Crippen molar-refractivity contribution in [3.63, 3.8) is 0 Å². The lowest BCUT2D eigenvalue weighted by atomic mass is 9.86. The molecule has 0 radical (unpaired) electrons. The molecule has 1 heterocycles. The zero-order valence-corrected chi connectivity index (χ0v) is 12.2. The van der Waals surface area contributed by atoms with Crippen molar-refractivity contribution in [2.24, 2.45) is 5.92 Å². The van der Waals surface area contributed by atoms with E-state index in [1.54, 1.807) is 0 Å². The van der Waals surface area contributed by atoms with Crippen LogP contribution in [0, 0.1) is 5.92 Å². The fourth-order valence-electron chi connectivity index (χ4n) is 2.53. The van der Waals surface area contributed by atoms with Crippen molar-refractivity contribution in [1.82, 2.24) is 5.32 Å². The minimum atomic E-state index is -0.0849. The van der Waals surface area contributed by atoms with E-state index in [9.17, 15) is 4.79 Å². The lowest BCUT2D eigenvalue weighted by Gasteiger charge is -2.35. The van der Waals surface area contributed by atoms with E-state index in [2.05, 4.69) is 12.2 Å². The average Bonchev–Trinajstić information content (AvgIpc) is 2.68. The summed E-state index contributed by atoms with van der Waals surface area (Å²) in [5.74, 6) is 1.63. The van der Waals surface area contributed by atoms with E-state index in [1.807, 2.05) is 18.7 Å². The molecule has 1 saturated carbocycles. The van der Waals surface area contributed by atoms with Crippen LogP contribution in [0.5, 0.6) is 0 Å². The maximum Gasteiger partial charge on any atom is 0.324 e. The Morgan fingerprint density at radius 2 is 2.12 bits per heavy atom. The summed E-state index contributed by atoms with van der Waals surface area (Å²) in [4.78, 5) is 11.8. The molecule has 1 unspecified atom stereocenters. The third kappa shape index (κ3) is 3.52. The van der Waals surface area contributed by atoms with Crippen LogP contribution < -0.4 is 5.32 Å². The van der Waals surface area contributed by atoms with Gasteiger partial charge >= 0.3 is 5.97 Å². The quantitative estimate of drug-likeness (QED) is 0.789. The van der Waals surface area contributed by atoms with Gasteiger partial charge in [0.2, 0.25) is 0 Å². The lowest BCUT2D eigenvalue weighted by Crippen LogP contribution is -2.47. The van der Waals surface area contributed by atoms with Crippen molar-refractivity contribution in [3.05, 3.63) is 0 Å². The van der Waals surface area contributed by atoms with Crippen molar-refractivity contribution in [3.8, 4) is 0 Å². The predicted molar refractivity (Wildman–Crippen MR) is 73.6 cm³/mol.